The van der Waals surface area contributed by atoms with Gasteiger partial charge in [0.25, 0.3) is 0 Å². The van der Waals surface area contributed by atoms with Crippen LogP contribution in [0.25, 0.3) is 0 Å². The maximum absolute atomic E-state index is 12.6. The van der Waals surface area contributed by atoms with E-state index in [4.69, 9.17) is 5.11 Å². The minimum absolute atomic E-state index is 0.103. The zero-order valence-corrected chi connectivity index (χ0v) is 13.0. The van der Waals surface area contributed by atoms with Crippen molar-refractivity contribution in [3.05, 3.63) is 30.3 Å². The van der Waals surface area contributed by atoms with Crippen molar-refractivity contribution in [1.29, 1.82) is 0 Å². The molecular weight excluding hydrogens is 300 g/mol. The summed E-state index contributed by atoms with van der Waals surface area (Å²) in [6.45, 7) is 0. The second-order valence-corrected chi connectivity index (χ2v) is 6.75. The lowest BCUT2D eigenvalue weighted by Crippen LogP contribution is -2.39. The van der Waals surface area contributed by atoms with Gasteiger partial charge in [0.05, 0.1) is 12.1 Å². The van der Waals surface area contributed by atoms with Gasteiger partial charge in [0.2, 0.25) is 5.91 Å². The smallest absolute Gasteiger partial charge is 0.305 e. The van der Waals surface area contributed by atoms with Crippen LogP contribution in [0.2, 0.25) is 0 Å². The van der Waals surface area contributed by atoms with Crippen LogP contribution in [0.5, 0.6) is 0 Å². The first-order valence-corrected chi connectivity index (χ1v) is 8.38. The van der Waals surface area contributed by atoms with E-state index in [0.717, 1.165) is 31.4 Å². The number of carboxylic acid groups (broad SMARTS) is 1. The van der Waals surface area contributed by atoms with Crippen LogP contribution in [0.3, 0.4) is 0 Å². The standard InChI is InChI=1S/C16H18N2O3S/c19-14(20)10-13-15(21)18(12-8-4-5-9-12)16(22-13)17-11-6-2-1-3-7-11/h1-3,6-7,12-13H,4-5,8-10H2,(H,19,20)/t13-/m1/s1. The molecule has 116 valence electrons. The molecule has 0 spiro atoms. The summed E-state index contributed by atoms with van der Waals surface area (Å²) in [5, 5.41) is 9.09. The first kappa shape index (κ1) is 15.1. The maximum Gasteiger partial charge on any atom is 0.305 e. The molecule has 1 aromatic rings. The SMILES string of the molecule is O=C(O)C[C@H]1SC(=Nc2ccccc2)N(C2CCCC2)C1=O. The van der Waals surface area contributed by atoms with Crippen molar-refractivity contribution < 1.29 is 14.7 Å². The van der Waals surface area contributed by atoms with E-state index in [9.17, 15) is 9.59 Å². The number of amides is 1. The van der Waals surface area contributed by atoms with E-state index in [1.807, 2.05) is 30.3 Å². The Hall–Kier alpha value is -1.82. The van der Waals surface area contributed by atoms with Gasteiger partial charge in [-0.15, -0.1) is 0 Å². The van der Waals surface area contributed by atoms with Crippen molar-refractivity contribution in [2.75, 3.05) is 0 Å². The van der Waals surface area contributed by atoms with E-state index in [1.54, 1.807) is 4.90 Å². The van der Waals surface area contributed by atoms with Gasteiger partial charge >= 0.3 is 5.97 Å². The lowest BCUT2D eigenvalue weighted by atomic mass is 10.2. The number of para-hydroxylation sites is 1. The summed E-state index contributed by atoms with van der Waals surface area (Å²) in [5.41, 5.74) is 0.789. The summed E-state index contributed by atoms with van der Waals surface area (Å²) < 4.78 is 0. The largest absolute Gasteiger partial charge is 0.481 e. The fourth-order valence-corrected chi connectivity index (χ4v) is 4.17. The summed E-state index contributed by atoms with van der Waals surface area (Å²) in [6.07, 6.45) is 4.02. The zero-order valence-electron chi connectivity index (χ0n) is 12.1. The van der Waals surface area contributed by atoms with Gasteiger partial charge in [-0.3, -0.25) is 14.5 Å². The normalized spacial score (nSPS) is 24.4. The quantitative estimate of drug-likeness (QED) is 0.926. The second-order valence-electron chi connectivity index (χ2n) is 5.58. The number of rotatable bonds is 4. The number of carbonyl (C=O) groups is 2. The Balaban J connectivity index is 1.89. The molecule has 2 fully saturated rings. The van der Waals surface area contributed by atoms with E-state index in [0.29, 0.717) is 5.17 Å². The number of amidine groups is 1. The average Bonchev–Trinajstić information content (AvgIpc) is 3.09. The number of aliphatic carboxylic acids is 1. The molecule has 2 aliphatic rings. The third-order valence-corrected chi connectivity index (χ3v) is 5.15. The molecule has 1 aliphatic carbocycles. The lowest BCUT2D eigenvalue weighted by Gasteiger charge is -2.23. The second kappa shape index (κ2) is 6.52. The van der Waals surface area contributed by atoms with Crippen molar-refractivity contribution in [1.82, 2.24) is 4.90 Å². The van der Waals surface area contributed by atoms with Crippen LogP contribution in [0.1, 0.15) is 32.1 Å². The van der Waals surface area contributed by atoms with Gasteiger partial charge in [-0.2, -0.15) is 0 Å². The molecule has 22 heavy (non-hydrogen) atoms. The van der Waals surface area contributed by atoms with E-state index in [1.165, 1.54) is 11.8 Å². The van der Waals surface area contributed by atoms with Crippen LogP contribution in [-0.2, 0) is 9.59 Å². The van der Waals surface area contributed by atoms with E-state index >= 15 is 0 Å². The molecule has 0 bridgehead atoms. The number of benzene rings is 1. The summed E-state index contributed by atoms with van der Waals surface area (Å²) in [4.78, 5) is 29.9. The highest BCUT2D eigenvalue weighted by Gasteiger charge is 2.43. The molecule has 1 atom stereocenters. The van der Waals surface area contributed by atoms with Gasteiger partial charge in [-0.25, -0.2) is 4.99 Å². The van der Waals surface area contributed by atoms with Crippen molar-refractivity contribution >= 4 is 34.5 Å². The predicted octanol–water partition coefficient (Wildman–Crippen LogP) is 3.04. The topological polar surface area (TPSA) is 70.0 Å². The number of hydrogen-bond acceptors (Lipinski definition) is 4. The molecule has 1 N–H and O–H groups in total. The monoisotopic (exact) mass is 318 g/mol. The van der Waals surface area contributed by atoms with Gasteiger partial charge in [0.1, 0.15) is 5.25 Å². The van der Waals surface area contributed by atoms with Gasteiger partial charge in [-0.1, -0.05) is 42.8 Å². The molecule has 5 nitrogen and oxygen atoms in total. The Labute approximate surface area is 133 Å². The third kappa shape index (κ3) is 3.16. The van der Waals surface area contributed by atoms with Crippen LogP contribution >= 0.6 is 11.8 Å². The minimum atomic E-state index is -0.946. The highest BCUT2D eigenvalue weighted by Crippen LogP contribution is 2.37. The number of aliphatic imine (C=N–C) groups is 1. The molecule has 6 heteroatoms. The summed E-state index contributed by atoms with van der Waals surface area (Å²) in [6, 6.07) is 9.65. The van der Waals surface area contributed by atoms with E-state index in [-0.39, 0.29) is 18.4 Å². The lowest BCUT2D eigenvalue weighted by molar-refractivity contribution is -0.139. The Bertz CT molecular complexity index is 597. The number of thioether (sulfide) groups is 1. The molecule has 0 aromatic heterocycles. The maximum atomic E-state index is 12.6. The third-order valence-electron chi connectivity index (χ3n) is 4.00. The van der Waals surface area contributed by atoms with Gasteiger partial charge in [-0.05, 0) is 25.0 Å². The van der Waals surface area contributed by atoms with Crippen LogP contribution in [-0.4, -0.2) is 38.3 Å². The Morgan fingerprint density at radius 2 is 1.95 bits per heavy atom. The Kier molecular flexibility index (Phi) is 4.47. The first-order chi connectivity index (χ1) is 10.6. The number of nitrogens with zero attached hydrogens (tertiary/aromatic N) is 2. The van der Waals surface area contributed by atoms with Gasteiger partial charge in [0.15, 0.2) is 5.17 Å². The number of carboxylic acids is 1. The van der Waals surface area contributed by atoms with Crippen LogP contribution in [0.4, 0.5) is 5.69 Å². The summed E-state index contributed by atoms with van der Waals surface area (Å²) in [5.74, 6) is -1.05. The number of hydrogen-bond donors (Lipinski definition) is 1. The molecule has 1 saturated heterocycles. The Morgan fingerprint density at radius 3 is 2.59 bits per heavy atom. The molecule has 0 unspecified atom stereocenters. The fourth-order valence-electron chi connectivity index (χ4n) is 2.96. The highest BCUT2D eigenvalue weighted by atomic mass is 32.2. The van der Waals surface area contributed by atoms with Gasteiger partial charge in [0, 0.05) is 6.04 Å². The average molecular weight is 318 g/mol. The Morgan fingerprint density at radius 1 is 1.27 bits per heavy atom. The fraction of sp³-hybridized carbons (Fsp3) is 0.438. The van der Waals surface area contributed by atoms with Gasteiger partial charge < -0.3 is 5.11 Å². The first-order valence-electron chi connectivity index (χ1n) is 7.50. The molecule has 1 amide bonds. The summed E-state index contributed by atoms with van der Waals surface area (Å²) in [7, 11) is 0. The molecule has 1 aliphatic heterocycles. The van der Waals surface area contributed by atoms with E-state index in [2.05, 4.69) is 4.99 Å². The molecule has 0 radical (unpaired) electrons. The number of carbonyl (C=O) groups excluding carboxylic acids is 1. The molecule has 1 aromatic carbocycles. The van der Waals surface area contributed by atoms with Crippen molar-refractivity contribution in [2.24, 2.45) is 4.99 Å². The molecule has 1 saturated carbocycles. The van der Waals surface area contributed by atoms with Crippen LogP contribution < -0.4 is 0 Å². The van der Waals surface area contributed by atoms with Crippen molar-refractivity contribution in [2.45, 2.75) is 43.4 Å². The molecule has 3 rings (SSSR count). The zero-order chi connectivity index (χ0) is 15.5. The predicted molar refractivity (Wildman–Crippen MR) is 86.3 cm³/mol. The van der Waals surface area contributed by atoms with E-state index < -0.39 is 11.2 Å². The summed E-state index contributed by atoms with van der Waals surface area (Å²) >= 11 is 1.28. The molecule has 1 heterocycles. The highest BCUT2D eigenvalue weighted by molar-refractivity contribution is 8.15. The van der Waals surface area contributed by atoms with Crippen LogP contribution in [0, 0.1) is 0 Å². The van der Waals surface area contributed by atoms with Crippen molar-refractivity contribution in [3.8, 4) is 0 Å². The molecular formula is C16H18N2O3S. The minimum Gasteiger partial charge on any atom is -0.481 e. The van der Waals surface area contributed by atoms with Crippen LogP contribution in [0.15, 0.2) is 35.3 Å². The van der Waals surface area contributed by atoms with Crippen molar-refractivity contribution in [3.63, 3.8) is 0 Å².